The highest BCUT2D eigenvalue weighted by atomic mass is 79.9. The number of halogens is 4. The number of hydrogen-bond acceptors (Lipinski definition) is 3. The summed E-state index contributed by atoms with van der Waals surface area (Å²) in [4.78, 5) is 12.4. The van der Waals surface area contributed by atoms with Crippen LogP contribution in [0.2, 0.25) is 0 Å². The van der Waals surface area contributed by atoms with Crippen LogP contribution in [0.4, 0.5) is 13.2 Å². The van der Waals surface area contributed by atoms with Crippen LogP contribution in [0.3, 0.4) is 0 Å². The van der Waals surface area contributed by atoms with Gasteiger partial charge in [-0.25, -0.2) is 0 Å². The summed E-state index contributed by atoms with van der Waals surface area (Å²) in [7, 11) is 2.91. The normalized spacial score (nSPS) is 21.2. The van der Waals surface area contributed by atoms with Gasteiger partial charge in [0, 0.05) is 11.6 Å². The molecule has 0 aromatic heterocycles. The van der Waals surface area contributed by atoms with E-state index in [-0.39, 0.29) is 18.4 Å². The van der Waals surface area contributed by atoms with Crippen LogP contribution in [-0.2, 0) is 0 Å². The predicted octanol–water partition coefficient (Wildman–Crippen LogP) is 4.32. The highest BCUT2D eigenvalue weighted by molar-refractivity contribution is 9.10. The quantitative estimate of drug-likeness (QED) is 0.805. The van der Waals surface area contributed by atoms with Crippen LogP contribution in [0.25, 0.3) is 0 Å². The summed E-state index contributed by atoms with van der Waals surface area (Å²) < 4.78 is 49.5. The van der Waals surface area contributed by atoms with E-state index in [0.717, 1.165) is 0 Å². The fourth-order valence-electron chi connectivity index (χ4n) is 2.89. The molecule has 2 rings (SSSR count). The summed E-state index contributed by atoms with van der Waals surface area (Å²) in [5.41, 5.74) is 0.279. The summed E-state index contributed by atoms with van der Waals surface area (Å²) in [5.74, 6) is -0.968. The second-order valence-electron chi connectivity index (χ2n) is 5.77. The number of amides is 1. The van der Waals surface area contributed by atoms with Gasteiger partial charge in [0.25, 0.3) is 5.91 Å². The van der Waals surface area contributed by atoms with Gasteiger partial charge < -0.3 is 14.8 Å². The number of rotatable bonds is 4. The molecule has 24 heavy (non-hydrogen) atoms. The van der Waals surface area contributed by atoms with E-state index in [9.17, 15) is 18.0 Å². The van der Waals surface area contributed by atoms with E-state index in [1.807, 2.05) is 0 Å². The molecule has 0 saturated heterocycles. The molecule has 0 aliphatic heterocycles. The standard InChI is InChI=1S/C16H19BrF3NO3/c1-23-12-6-9(7-13(24-2)14(12)17)15(22)21-11-5-3-4-10(8-11)16(18,19)20/h6-7,10-11H,3-5,8H2,1-2H3,(H,21,22). The first-order chi connectivity index (χ1) is 11.3. The van der Waals surface area contributed by atoms with Crippen LogP contribution in [0.5, 0.6) is 11.5 Å². The number of benzene rings is 1. The number of hydrogen-bond donors (Lipinski definition) is 1. The van der Waals surface area contributed by atoms with Crippen molar-refractivity contribution in [2.24, 2.45) is 5.92 Å². The molecule has 1 aromatic rings. The maximum absolute atomic E-state index is 12.9. The largest absolute Gasteiger partial charge is 0.495 e. The third-order valence-electron chi connectivity index (χ3n) is 4.18. The maximum Gasteiger partial charge on any atom is 0.391 e. The lowest BCUT2D eigenvalue weighted by Gasteiger charge is -2.31. The number of ether oxygens (including phenoxy) is 2. The Morgan fingerprint density at radius 3 is 2.29 bits per heavy atom. The number of nitrogens with one attached hydrogen (secondary N) is 1. The van der Waals surface area contributed by atoms with Crippen LogP contribution in [0.1, 0.15) is 36.0 Å². The van der Waals surface area contributed by atoms with Crippen LogP contribution in [-0.4, -0.2) is 32.3 Å². The van der Waals surface area contributed by atoms with E-state index < -0.39 is 24.0 Å². The first-order valence-corrected chi connectivity index (χ1v) is 8.34. The van der Waals surface area contributed by atoms with Crippen LogP contribution in [0.15, 0.2) is 16.6 Å². The van der Waals surface area contributed by atoms with Gasteiger partial charge in [-0.2, -0.15) is 13.2 Å². The lowest BCUT2D eigenvalue weighted by Crippen LogP contribution is -2.41. The molecular weight excluding hydrogens is 391 g/mol. The molecule has 1 aliphatic carbocycles. The minimum Gasteiger partial charge on any atom is -0.495 e. The Labute approximate surface area is 146 Å². The molecule has 1 aliphatic rings. The molecule has 1 N–H and O–H groups in total. The van der Waals surface area contributed by atoms with Gasteiger partial charge in [0.2, 0.25) is 0 Å². The Morgan fingerprint density at radius 1 is 1.21 bits per heavy atom. The minimum atomic E-state index is -4.21. The molecule has 0 radical (unpaired) electrons. The van der Waals surface area contributed by atoms with E-state index in [1.165, 1.54) is 26.4 Å². The SMILES string of the molecule is COc1cc(C(=O)NC2CCCC(C(F)(F)F)C2)cc(OC)c1Br. The molecule has 0 heterocycles. The Hall–Kier alpha value is -1.44. The van der Waals surface area contributed by atoms with Gasteiger partial charge in [-0.1, -0.05) is 6.42 Å². The first kappa shape index (κ1) is 18.9. The molecule has 1 saturated carbocycles. The maximum atomic E-state index is 12.9. The lowest BCUT2D eigenvalue weighted by atomic mass is 9.85. The van der Waals surface area contributed by atoms with Crippen molar-refractivity contribution in [2.45, 2.75) is 37.9 Å². The Balaban J connectivity index is 2.12. The second-order valence-corrected chi connectivity index (χ2v) is 6.56. The summed E-state index contributed by atoms with van der Waals surface area (Å²) in [6.45, 7) is 0. The Bertz CT molecular complexity index is 582. The van der Waals surface area contributed by atoms with Crippen molar-refractivity contribution < 1.29 is 27.4 Å². The average molecular weight is 410 g/mol. The molecule has 0 spiro atoms. The van der Waals surface area contributed by atoms with Crippen molar-refractivity contribution in [2.75, 3.05) is 14.2 Å². The zero-order valence-corrected chi connectivity index (χ0v) is 15.0. The molecule has 1 amide bonds. The predicted molar refractivity (Wildman–Crippen MR) is 86.5 cm³/mol. The third kappa shape index (κ3) is 4.34. The van der Waals surface area contributed by atoms with E-state index in [1.54, 1.807) is 0 Å². The van der Waals surface area contributed by atoms with Crippen molar-refractivity contribution in [3.8, 4) is 11.5 Å². The summed E-state index contributed by atoms with van der Waals surface area (Å²) in [6.07, 6.45) is -3.19. The van der Waals surface area contributed by atoms with E-state index >= 15 is 0 Å². The van der Waals surface area contributed by atoms with Crippen molar-refractivity contribution in [3.05, 3.63) is 22.2 Å². The van der Waals surface area contributed by atoms with Gasteiger partial charge in [-0.3, -0.25) is 4.79 Å². The van der Waals surface area contributed by atoms with E-state index in [2.05, 4.69) is 21.2 Å². The van der Waals surface area contributed by atoms with Crippen molar-refractivity contribution in [1.82, 2.24) is 5.32 Å². The Morgan fingerprint density at radius 2 is 1.79 bits per heavy atom. The average Bonchev–Trinajstić information content (AvgIpc) is 2.54. The topological polar surface area (TPSA) is 47.6 Å². The molecular formula is C16H19BrF3NO3. The third-order valence-corrected chi connectivity index (χ3v) is 4.96. The van der Waals surface area contributed by atoms with Crippen LogP contribution >= 0.6 is 15.9 Å². The number of carbonyl (C=O) groups is 1. The molecule has 2 atom stereocenters. The lowest BCUT2D eigenvalue weighted by molar-refractivity contribution is -0.183. The van der Waals surface area contributed by atoms with Crippen LogP contribution in [0, 0.1) is 5.92 Å². The number of alkyl halides is 3. The fourth-order valence-corrected chi connectivity index (χ4v) is 3.44. The van der Waals surface area contributed by atoms with Crippen molar-refractivity contribution in [1.29, 1.82) is 0 Å². The summed E-state index contributed by atoms with van der Waals surface area (Å²) in [6, 6.07) is 2.55. The van der Waals surface area contributed by atoms with Gasteiger partial charge in [-0.05, 0) is 47.3 Å². The first-order valence-electron chi connectivity index (χ1n) is 7.55. The highest BCUT2D eigenvalue weighted by Crippen LogP contribution is 2.38. The molecule has 8 heteroatoms. The summed E-state index contributed by atoms with van der Waals surface area (Å²) in [5, 5.41) is 2.69. The molecule has 1 aromatic carbocycles. The molecule has 4 nitrogen and oxygen atoms in total. The smallest absolute Gasteiger partial charge is 0.391 e. The van der Waals surface area contributed by atoms with Gasteiger partial charge in [0.15, 0.2) is 0 Å². The molecule has 1 fully saturated rings. The van der Waals surface area contributed by atoms with Gasteiger partial charge in [0.1, 0.15) is 16.0 Å². The van der Waals surface area contributed by atoms with Gasteiger partial charge in [-0.15, -0.1) is 0 Å². The molecule has 134 valence electrons. The molecule has 0 bridgehead atoms. The molecule has 2 unspecified atom stereocenters. The number of carbonyl (C=O) groups excluding carboxylic acids is 1. The minimum absolute atomic E-state index is 0.0833. The Kier molecular flexibility index (Phi) is 6.01. The van der Waals surface area contributed by atoms with Crippen molar-refractivity contribution in [3.63, 3.8) is 0 Å². The second kappa shape index (κ2) is 7.63. The van der Waals surface area contributed by atoms with Gasteiger partial charge in [0.05, 0.1) is 20.1 Å². The van der Waals surface area contributed by atoms with E-state index in [0.29, 0.717) is 28.8 Å². The zero-order chi connectivity index (χ0) is 17.9. The zero-order valence-electron chi connectivity index (χ0n) is 13.4. The monoisotopic (exact) mass is 409 g/mol. The van der Waals surface area contributed by atoms with Crippen LogP contribution < -0.4 is 14.8 Å². The highest BCUT2D eigenvalue weighted by Gasteiger charge is 2.42. The van der Waals surface area contributed by atoms with Gasteiger partial charge >= 0.3 is 6.18 Å². The number of methoxy groups -OCH3 is 2. The van der Waals surface area contributed by atoms with E-state index in [4.69, 9.17) is 9.47 Å². The van der Waals surface area contributed by atoms with Crippen molar-refractivity contribution >= 4 is 21.8 Å². The summed E-state index contributed by atoms with van der Waals surface area (Å²) >= 11 is 3.31. The fraction of sp³-hybridized carbons (Fsp3) is 0.562.